The number of nitrogen functional groups attached to an aromatic ring is 1. The average Bonchev–Trinajstić information content (AvgIpc) is 2.83. The molecular formula is C13H16N4O2S2. The first-order valence-corrected chi connectivity index (χ1v) is 9.27. The van der Waals surface area contributed by atoms with Crippen LogP contribution >= 0.6 is 11.5 Å². The summed E-state index contributed by atoms with van der Waals surface area (Å²) in [7, 11) is -2.85. The van der Waals surface area contributed by atoms with Crippen LogP contribution in [-0.4, -0.2) is 35.3 Å². The summed E-state index contributed by atoms with van der Waals surface area (Å²) < 4.78 is 27.2. The first-order chi connectivity index (χ1) is 10.1. The van der Waals surface area contributed by atoms with E-state index < -0.39 is 9.84 Å². The van der Waals surface area contributed by atoms with Crippen LogP contribution < -0.4 is 11.1 Å². The first kappa shape index (κ1) is 14.3. The van der Waals surface area contributed by atoms with Crippen LogP contribution in [0, 0.1) is 0 Å². The molecule has 0 radical (unpaired) electrons. The third-order valence-electron chi connectivity index (χ3n) is 3.58. The van der Waals surface area contributed by atoms with Gasteiger partial charge in [0.1, 0.15) is 20.7 Å². The molecule has 1 aliphatic heterocycles. The molecule has 0 spiro atoms. The number of nitrogens with zero attached hydrogens (tertiary/aromatic N) is 2. The fraction of sp³-hybridized carbons (Fsp3) is 0.385. The average molecular weight is 324 g/mol. The quantitative estimate of drug-likeness (QED) is 0.893. The smallest absolute Gasteiger partial charge is 0.150 e. The Morgan fingerprint density at radius 1 is 1.24 bits per heavy atom. The summed E-state index contributed by atoms with van der Waals surface area (Å²) in [5.41, 5.74) is 7.80. The Kier molecular flexibility index (Phi) is 3.81. The van der Waals surface area contributed by atoms with E-state index in [4.69, 9.17) is 5.73 Å². The summed E-state index contributed by atoms with van der Waals surface area (Å²) in [6, 6.07) is 3.92. The van der Waals surface area contributed by atoms with Gasteiger partial charge in [0.25, 0.3) is 0 Å². The minimum absolute atomic E-state index is 0.147. The molecule has 0 bridgehead atoms. The largest absolute Gasteiger partial charge is 0.382 e. The normalized spacial score (nSPS) is 18.5. The lowest BCUT2D eigenvalue weighted by Gasteiger charge is -2.23. The summed E-state index contributed by atoms with van der Waals surface area (Å²) in [4.78, 5) is 4.00. The molecule has 3 rings (SSSR count). The molecule has 2 aromatic heterocycles. The molecule has 0 aromatic carbocycles. The monoisotopic (exact) mass is 324 g/mol. The zero-order valence-electron chi connectivity index (χ0n) is 11.3. The van der Waals surface area contributed by atoms with Crippen molar-refractivity contribution in [3.05, 3.63) is 24.5 Å². The predicted octanol–water partition coefficient (Wildman–Crippen LogP) is 1.78. The van der Waals surface area contributed by atoms with Crippen molar-refractivity contribution in [2.75, 3.05) is 22.6 Å². The van der Waals surface area contributed by atoms with Crippen LogP contribution in [0.3, 0.4) is 0 Å². The summed E-state index contributed by atoms with van der Waals surface area (Å²) in [6.07, 6.45) is 4.67. The Morgan fingerprint density at radius 2 is 1.90 bits per heavy atom. The Morgan fingerprint density at radius 3 is 2.57 bits per heavy atom. The summed E-state index contributed by atoms with van der Waals surface area (Å²) in [6.45, 7) is 0. The van der Waals surface area contributed by atoms with Crippen LogP contribution in [-0.2, 0) is 9.84 Å². The minimum atomic E-state index is -2.85. The second-order valence-corrected chi connectivity index (χ2v) is 8.16. The number of rotatable bonds is 3. The van der Waals surface area contributed by atoms with Crippen molar-refractivity contribution in [3.8, 4) is 11.1 Å². The van der Waals surface area contributed by atoms with Gasteiger partial charge in [-0.05, 0) is 42.1 Å². The van der Waals surface area contributed by atoms with E-state index in [1.54, 1.807) is 12.4 Å². The molecule has 112 valence electrons. The van der Waals surface area contributed by atoms with E-state index in [-0.39, 0.29) is 17.5 Å². The lowest BCUT2D eigenvalue weighted by atomic mass is 10.1. The maximum Gasteiger partial charge on any atom is 0.150 e. The first-order valence-electron chi connectivity index (χ1n) is 6.68. The van der Waals surface area contributed by atoms with Crippen LogP contribution in [0.2, 0.25) is 0 Å². The molecule has 3 heterocycles. The Bertz CT molecular complexity index is 714. The molecular weight excluding hydrogens is 308 g/mol. The van der Waals surface area contributed by atoms with E-state index in [2.05, 4.69) is 14.7 Å². The van der Waals surface area contributed by atoms with Gasteiger partial charge in [0.15, 0.2) is 0 Å². The van der Waals surface area contributed by atoms with Gasteiger partial charge in [-0.2, -0.15) is 4.37 Å². The SMILES string of the molecule is Nc1nsc(NC2CCS(=O)(=O)CC2)c1-c1ccncc1. The minimum Gasteiger partial charge on any atom is -0.382 e. The summed E-state index contributed by atoms with van der Waals surface area (Å²) in [5, 5.41) is 4.29. The standard InChI is InChI=1S/C13H16N4O2S2/c14-12-11(9-1-5-15-6-2-9)13(20-17-12)16-10-3-7-21(18,19)8-4-10/h1-2,5-6,10,16H,3-4,7-8H2,(H2,14,17). The van der Waals surface area contributed by atoms with Crippen molar-refractivity contribution in [2.24, 2.45) is 0 Å². The molecule has 0 saturated carbocycles. The molecule has 6 nitrogen and oxygen atoms in total. The number of aromatic nitrogens is 2. The van der Waals surface area contributed by atoms with Gasteiger partial charge in [0.05, 0.1) is 17.1 Å². The van der Waals surface area contributed by atoms with Gasteiger partial charge in [-0.15, -0.1) is 0 Å². The molecule has 0 atom stereocenters. The number of pyridine rings is 1. The highest BCUT2D eigenvalue weighted by Crippen LogP contribution is 2.37. The van der Waals surface area contributed by atoms with E-state index in [1.807, 2.05) is 12.1 Å². The van der Waals surface area contributed by atoms with Crippen LogP contribution in [0.1, 0.15) is 12.8 Å². The number of hydrogen-bond donors (Lipinski definition) is 2. The van der Waals surface area contributed by atoms with Crippen molar-refractivity contribution in [1.82, 2.24) is 9.36 Å². The lowest BCUT2D eigenvalue weighted by Crippen LogP contribution is -2.32. The van der Waals surface area contributed by atoms with Gasteiger partial charge >= 0.3 is 0 Å². The number of nitrogens with one attached hydrogen (secondary N) is 1. The van der Waals surface area contributed by atoms with Crippen LogP contribution in [0.4, 0.5) is 10.8 Å². The Labute approximate surface area is 127 Å². The third kappa shape index (κ3) is 3.16. The van der Waals surface area contributed by atoms with Crippen molar-refractivity contribution < 1.29 is 8.42 Å². The molecule has 2 aromatic rings. The highest BCUT2D eigenvalue weighted by Gasteiger charge is 2.25. The Balaban J connectivity index is 1.81. The highest BCUT2D eigenvalue weighted by molar-refractivity contribution is 7.91. The van der Waals surface area contributed by atoms with Gasteiger partial charge < -0.3 is 11.1 Å². The van der Waals surface area contributed by atoms with Gasteiger partial charge in [0, 0.05) is 18.4 Å². The number of anilines is 2. The number of hydrogen-bond acceptors (Lipinski definition) is 7. The highest BCUT2D eigenvalue weighted by atomic mass is 32.2. The maximum atomic E-state index is 11.5. The fourth-order valence-corrected chi connectivity index (χ4v) is 4.72. The molecule has 0 aliphatic carbocycles. The molecule has 0 unspecified atom stereocenters. The Hall–Kier alpha value is -1.67. The van der Waals surface area contributed by atoms with Crippen LogP contribution in [0.25, 0.3) is 11.1 Å². The molecule has 3 N–H and O–H groups in total. The molecule has 0 amide bonds. The van der Waals surface area contributed by atoms with E-state index in [1.165, 1.54) is 11.5 Å². The van der Waals surface area contributed by atoms with Gasteiger partial charge in [-0.1, -0.05) is 0 Å². The lowest BCUT2D eigenvalue weighted by molar-refractivity contribution is 0.560. The van der Waals surface area contributed by atoms with E-state index >= 15 is 0 Å². The molecule has 8 heteroatoms. The van der Waals surface area contributed by atoms with Gasteiger partial charge in [-0.3, -0.25) is 4.98 Å². The summed E-state index contributed by atoms with van der Waals surface area (Å²) in [5.74, 6) is 0.963. The zero-order chi connectivity index (χ0) is 14.9. The van der Waals surface area contributed by atoms with Crippen molar-refractivity contribution in [3.63, 3.8) is 0 Å². The van der Waals surface area contributed by atoms with Crippen molar-refractivity contribution >= 4 is 32.2 Å². The van der Waals surface area contributed by atoms with Crippen LogP contribution in [0.5, 0.6) is 0 Å². The van der Waals surface area contributed by atoms with E-state index in [9.17, 15) is 8.42 Å². The van der Waals surface area contributed by atoms with Crippen molar-refractivity contribution in [1.29, 1.82) is 0 Å². The topological polar surface area (TPSA) is 98.0 Å². The summed E-state index contributed by atoms with van der Waals surface area (Å²) >= 11 is 1.31. The number of nitrogens with two attached hydrogens (primary N) is 1. The second kappa shape index (κ2) is 5.61. The van der Waals surface area contributed by atoms with Gasteiger partial charge in [0.2, 0.25) is 0 Å². The van der Waals surface area contributed by atoms with E-state index in [0.29, 0.717) is 18.7 Å². The van der Waals surface area contributed by atoms with E-state index in [0.717, 1.165) is 16.1 Å². The van der Waals surface area contributed by atoms with Gasteiger partial charge in [-0.25, -0.2) is 8.42 Å². The number of sulfone groups is 1. The molecule has 21 heavy (non-hydrogen) atoms. The zero-order valence-corrected chi connectivity index (χ0v) is 13.0. The third-order valence-corrected chi connectivity index (χ3v) is 6.09. The second-order valence-electron chi connectivity index (χ2n) is 5.08. The van der Waals surface area contributed by atoms with Crippen LogP contribution in [0.15, 0.2) is 24.5 Å². The predicted molar refractivity (Wildman–Crippen MR) is 85.1 cm³/mol. The maximum absolute atomic E-state index is 11.5. The molecule has 1 fully saturated rings. The molecule has 1 aliphatic rings. The fourth-order valence-electron chi connectivity index (χ4n) is 2.42. The molecule has 1 saturated heterocycles. The van der Waals surface area contributed by atoms with Crippen molar-refractivity contribution in [2.45, 2.75) is 18.9 Å².